The van der Waals surface area contributed by atoms with E-state index in [0.717, 1.165) is 0 Å². The van der Waals surface area contributed by atoms with Crippen molar-refractivity contribution >= 4 is 23.5 Å². The highest BCUT2D eigenvalue weighted by Gasteiger charge is 2.16. The summed E-state index contributed by atoms with van der Waals surface area (Å²) in [4.78, 5) is 26.8. The minimum Gasteiger partial charge on any atom is -0.444 e. The van der Waals surface area contributed by atoms with Gasteiger partial charge in [0.05, 0.1) is 6.54 Å². The maximum atomic E-state index is 11.7. The molecule has 1 aromatic rings. The third-order valence-electron chi connectivity index (χ3n) is 1.84. The first-order valence-corrected chi connectivity index (χ1v) is 5.77. The van der Waals surface area contributed by atoms with Gasteiger partial charge in [-0.3, -0.25) is 4.79 Å². The Bertz CT molecular complexity index is 438. The summed E-state index contributed by atoms with van der Waals surface area (Å²) in [6, 6.07) is 3.07. The van der Waals surface area contributed by atoms with E-state index in [2.05, 4.69) is 10.3 Å². The van der Waals surface area contributed by atoms with Gasteiger partial charge in [-0.25, -0.2) is 9.78 Å². The number of amides is 1. The molecule has 0 unspecified atom stereocenters. The number of aromatic nitrogens is 1. The molecule has 0 aliphatic rings. The van der Waals surface area contributed by atoms with Crippen LogP contribution in [-0.4, -0.2) is 29.0 Å². The van der Waals surface area contributed by atoms with Crippen LogP contribution in [0.1, 0.15) is 31.1 Å². The minimum atomic E-state index is -0.627. The Morgan fingerprint density at radius 2 is 2.06 bits per heavy atom. The van der Waals surface area contributed by atoms with Crippen molar-refractivity contribution in [1.82, 2.24) is 10.3 Å². The number of nitrogens with zero attached hydrogens (tertiary/aromatic N) is 1. The Kier molecular flexibility index (Phi) is 4.67. The van der Waals surface area contributed by atoms with Gasteiger partial charge >= 0.3 is 6.09 Å². The number of pyridine rings is 1. The lowest BCUT2D eigenvalue weighted by molar-refractivity contribution is 0.0520. The molecule has 0 spiro atoms. The summed E-state index contributed by atoms with van der Waals surface area (Å²) in [6.45, 7) is 5.10. The second-order valence-electron chi connectivity index (χ2n) is 4.65. The van der Waals surface area contributed by atoms with Crippen molar-refractivity contribution in [3.63, 3.8) is 0 Å². The van der Waals surface area contributed by atoms with E-state index in [-0.39, 0.29) is 12.3 Å². The van der Waals surface area contributed by atoms with Crippen LogP contribution < -0.4 is 5.32 Å². The first kappa shape index (κ1) is 14.4. The van der Waals surface area contributed by atoms with Crippen LogP contribution in [0, 0.1) is 0 Å². The fourth-order valence-electron chi connectivity index (χ4n) is 1.11. The predicted molar refractivity (Wildman–Crippen MR) is 67.8 cm³/mol. The number of halogens is 1. The highest BCUT2D eigenvalue weighted by atomic mass is 35.5. The summed E-state index contributed by atoms with van der Waals surface area (Å²) < 4.78 is 5.00. The zero-order valence-electron chi connectivity index (χ0n) is 10.5. The number of alkyl carbamates (subject to hydrolysis) is 1. The lowest BCUT2D eigenvalue weighted by atomic mass is 10.2. The zero-order valence-corrected chi connectivity index (χ0v) is 11.2. The van der Waals surface area contributed by atoms with E-state index in [4.69, 9.17) is 16.3 Å². The maximum absolute atomic E-state index is 11.7. The molecule has 98 valence electrons. The molecule has 18 heavy (non-hydrogen) atoms. The number of Topliss-reactive ketones (excluding diaryl/α,β-unsaturated/α-hetero) is 1. The first-order chi connectivity index (χ1) is 8.28. The topological polar surface area (TPSA) is 68.3 Å². The molecule has 0 radical (unpaired) electrons. The largest absolute Gasteiger partial charge is 0.444 e. The lowest BCUT2D eigenvalue weighted by Crippen LogP contribution is -2.35. The quantitative estimate of drug-likeness (QED) is 0.677. The number of nitrogens with one attached hydrogen (secondary N) is 1. The molecule has 0 aliphatic heterocycles. The van der Waals surface area contributed by atoms with Gasteiger partial charge in [-0.05, 0) is 32.9 Å². The van der Waals surface area contributed by atoms with Gasteiger partial charge in [0.25, 0.3) is 0 Å². The zero-order chi connectivity index (χ0) is 13.8. The van der Waals surface area contributed by atoms with Crippen molar-refractivity contribution in [2.75, 3.05) is 6.54 Å². The molecule has 0 aliphatic carbocycles. The van der Waals surface area contributed by atoms with Gasteiger partial charge in [0.1, 0.15) is 10.8 Å². The van der Waals surface area contributed by atoms with Gasteiger partial charge in [-0.2, -0.15) is 0 Å². The maximum Gasteiger partial charge on any atom is 0.408 e. The van der Waals surface area contributed by atoms with Crippen LogP contribution >= 0.6 is 11.6 Å². The number of carbonyl (C=O) groups is 2. The summed E-state index contributed by atoms with van der Waals surface area (Å²) >= 11 is 5.60. The number of ether oxygens (including phenoxy) is 1. The third kappa shape index (κ3) is 5.14. The number of hydrogen-bond donors (Lipinski definition) is 1. The Labute approximate surface area is 110 Å². The predicted octanol–water partition coefficient (Wildman–Crippen LogP) is 2.44. The summed E-state index contributed by atoms with van der Waals surface area (Å²) in [6.07, 6.45) is 0.735. The molecule has 1 N–H and O–H groups in total. The van der Waals surface area contributed by atoms with Crippen LogP contribution in [0.4, 0.5) is 4.79 Å². The molecular formula is C12H15ClN2O3. The summed E-state index contributed by atoms with van der Waals surface area (Å²) in [5.74, 6) is -0.259. The first-order valence-electron chi connectivity index (χ1n) is 5.39. The minimum absolute atomic E-state index is 0.141. The second-order valence-corrected chi connectivity index (χ2v) is 5.04. The molecule has 0 fully saturated rings. The second kappa shape index (κ2) is 5.82. The number of ketones is 1. The molecule has 1 heterocycles. The van der Waals surface area contributed by atoms with E-state index in [9.17, 15) is 9.59 Å². The highest BCUT2D eigenvalue weighted by molar-refractivity contribution is 6.29. The fraction of sp³-hybridized carbons (Fsp3) is 0.417. The molecule has 6 heteroatoms. The Morgan fingerprint density at radius 1 is 1.39 bits per heavy atom. The van der Waals surface area contributed by atoms with Crippen molar-refractivity contribution in [3.05, 3.63) is 29.0 Å². The normalized spacial score (nSPS) is 10.9. The van der Waals surface area contributed by atoms with Crippen LogP contribution in [0.5, 0.6) is 0 Å². The molecule has 1 amide bonds. The van der Waals surface area contributed by atoms with Gasteiger partial charge in [0.15, 0.2) is 5.78 Å². The summed E-state index contributed by atoms with van der Waals surface area (Å²) in [5, 5.41) is 2.69. The van der Waals surface area contributed by atoms with Gasteiger partial charge in [-0.1, -0.05) is 11.6 Å². The molecule has 1 aromatic heterocycles. The van der Waals surface area contributed by atoms with Gasteiger partial charge < -0.3 is 10.1 Å². The smallest absolute Gasteiger partial charge is 0.408 e. The SMILES string of the molecule is CC(C)(C)OC(=O)NCC(=O)c1ccc(Cl)nc1. The average Bonchev–Trinajstić information content (AvgIpc) is 2.24. The van der Waals surface area contributed by atoms with Gasteiger partial charge in [-0.15, -0.1) is 0 Å². The van der Waals surface area contributed by atoms with E-state index < -0.39 is 11.7 Å². The molecule has 0 saturated carbocycles. The Morgan fingerprint density at radius 3 is 2.56 bits per heavy atom. The summed E-state index contributed by atoms with van der Waals surface area (Å²) in [5.41, 5.74) is -0.204. The molecule has 0 saturated heterocycles. The van der Waals surface area contributed by atoms with Gasteiger partial charge in [0, 0.05) is 11.8 Å². The number of hydrogen-bond acceptors (Lipinski definition) is 4. The monoisotopic (exact) mass is 270 g/mol. The van der Waals surface area contributed by atoms with E-state index in [1.807, 2.05) is 0 Å². The van der Waals surface area contributed by atoms with Crippen LogP contribution in [-0.2, 0) is 4.74 Å². The standard InChI is InChI=1S/C12H15ClN2O3/c1-12(2,3)18-11(17)15-7-9(16)8-4-5-10(13)14-6-8/h4-6H,7H2,1-3H3,(H,15,17). The third-order valence-corrected chi connectivity index (χ3v) is 2.07. The molecule has 1 rings (SSSR count). The van der Waals surface area contributed by atoms with Crippen LogP contribution in [0.15, 0.2) is 18.3 Å². The molecule has 0 atom stereocenters. The van der Waals surface area contributed by atoms with Gasteiger partial charge in [0.2, 0.25) is 0 Å². The lowest BCUT2D eigenvalue weighted by Gasteiger charge is -2.19. The summed E-state index contributed by atoms with van der Waals surface area (Å²) in [7, 11) is 0. The molecule has 0 bridgehead atoms. The van der Waals surface area contributed by atoms with Crippen molar-refractivity contribution < 1.29 is 14.3 Å². The van der Waals surface area contributed by atoms with Crippen LogP contribution in [0.3, 0.4) is 0 Å². The van der Waals surface area contributed by atoms with E-state index >= 15 is 0 Å². The number of rotatable bonds is 3. The van der Waals surface area contributed by atoms with Crippen molar-refractivity contribution in [2.24, 2.45) is 0 Å². The van der Waals surface area contributed by atoms with E-state index in [1.165, 1.54) is 12.3 Å². The van der Waals surface area contributed by atoms with Crippen molar-refractivity contribution in [2.45, 2.75) is 26.4 Å². The van der Waals surface area contributed by atoms with Crippen molar-refractivity contribution in [1.29, 1.82) is 0 Å². The fourth-order valence-corrected chi connectivity index (χ4v) is 1.22. The number of carbonyl (C=O) groups excluding carboxylic acids is 2. The van der Waals surface area contributed by atoms with E-state index in [1.54, 1.807) is 26.8 Å². The molecule has 0 aromatic carbocycles. The van der Waals surface area contributed by atoms with Crippen LogP contribution in [0.2, 0.25) is 5.15 Å². The Hall–Kier alpha value is -1.62. The van der Waals surface area contributed by atoms with Crippen molar-refractivity contribution in [3.8, 4) is 0 Å². The Balaban J connectivity index is 2.47. The average molecular weight is 271 g/mol. The molecule has 5 nitrogen and oxygen atoms in total. The highest BCUT2D eigenvalue weighted by Crippen LogP contribution is 2.07. The van der Waals surface area contributed by atoms with Crippen LogP contribution in [0.25, 0.3) is 0 Å². The molecular weight excluding hydrogens is 256 g/mol. The van der Waals surface area contributed by atoms with E-state index in [0.29, 0.717) is 10.7 Å².